The van der Waals surface area contributed by atoms with E-state index in [0.717, 1.165) is 0 Å². The van der Waals surface area contributed by atoms with E-state index in [1.807, 2.05) is 0 Å². The van der Waals surface area contributed by atoms with Gasteiger partial charge in [-0.1, -0.05) is 104 Å². The molecule has 0 spiro atoms. The van der Waals surface area contributed by atoms with E-state index in [4.69, 9.17) is 5.73 Å². The van der Waals surface area contributed by atoms with Crippen LogP contribution in [-0.4, -0.2) is 6.04 Å². The average Bonchev–Trinajstić information content (AvgIpc) is 2.49. The van der Waals surface area contributed by atoms with Crippen LogP contribution in [0.2, 0.25) is 0 Å². The van der Waals surface area contributed by atoms with Gasteiger partial charge in [0, 0.05) is 6.04 Å². The van der Waals surface area contributed by atoms with Crippen LogP contribution in [0.5, 0.6) is 0 Å². The molecular weight excluding hydrogens is 254 g/mol. The molecule has 1 nitrogen and oxygen atoms in total. The zero-order chi connectivity index (χ0) is 15.8. The van der Waals surface area contributed by atoms with Gasteiger partial charge in [0.25, 0.3) is 0 Å². The maximum atomic E-state index is 6.28. The molecular formula is C20H43N. The Morgan fingerprint density at radius 2 is 1.00 bits per heavy atom. The normalized spacial score (nSPS) is 14.3. The minimum atomic E-state index is 0.440. The first-order chi connectivity index (χ1) is 10.2. The van der Waals surface area contributed by atoms with Gasteiger partial charge < -0.3 is 5.73 Å². The Morgan fingerprint density at radius 1 is 0.571 bits per heavy atom. The molecule has 128 valence electrons. The van der Waals surface area contributed by atoms with Crippen LogP contribution in [0, 0.1) is 5.92 Å². The first-order valence-electron chi connectivity index (χ1n) is 9.97. The van der Waals surface area contributed by atoms with E-state index >= 15 is 0 Å². The van der Waals surface area contributed by atoms with E-state index < -0.39 is 0 Å². The van der Waals surface area contributed by atoms with Crippen molar-refractivity contribution in [2.75, 3.05) is 0 Å². The lowest BCUT2D eigenvalue weighted by Crippen LogP contribution is -2.28. The van der Waals surface area contributed by atoms with Crippen molar-refractivity contribution in [3.63, 3.8) is 0 Å². The van der Waals surface area contributed by atoms with Crippen molar-refractivity contribution in [2.24, 2.45) is 11.7 Å². The molecule has 2 N–H and O–H groups in total. The molecule has 1 heteroatoms. The van der Waals surface area contributed by atoms with Crippen LogP contribution in [0.25, 0.3) is 0 Å². The van der Waals surface area contributed by atoms with Gasteiger partial charge in [0.05, 0.1) is 0 Å². The first kappa shape index (κ1) is 21.0. The summed E-state index contributed by atoms with van der Waals surface area (Å²) in [4.78, 5) is 0. The Kier molecular flexibility index (Phi) is 16.3. The average molecular weight is 298 g/mol. The monoisotopic (exact) mass is 297 g/mol. The number of hydrogen-bond acceptors (Lipinski definition) is 1. The Bertz CT molecular complexity index is 190. The van der Waals surface area contributed by atoms with Crippen LogP contribution < -0.4 is 5.73 Å². The van der Waals surface area contributed by atoms with Crippen molar-refractivity contribution in [1.29, 1.82) is 0 Å². The van der Waals surface area contributed by atoms with E-state index in [1.54, 1.807) is 0 Å². The van der Waals surface area contributed by atoms with Gasteiger partial charge in [-0.25, -0.2) is 0 Å². The maximum absolute atomic E-state index is 6.28. The lowest BCUT2D eigenvalue weighted by Gasteiger charge is -2.19. The van der Waals surface area contributed by atoms with Crippen molar-refractivity contribution in [2.45, 2.75) is 123 Å². The zero-order valence-corrected chi connectivity index (χ0v) is 15.3. The molecule has 2 atom stereocenters. The second-order valence-electron chi connectivity index (χ2n) is 7.11. The number of rotatable bonds is 16. The third-order valence-corrected chi connectivity index (χ3v) is 4.88. The number of hydrogen-bond donors (Lipinski definition) is 1. The summed E-state index contributed by atoms with van der Waals surface area (Å²) in [6.45, 7) is 6.89. The highest BCUT2D eigenvalue weighted by atomic mass is 14.6. The molecule has 0 rings (SSSR count). The fraction of sp³-hybridized carbons (Fsp3) is 1.00. The fourth-order valence-electron chi connectivity index (χ4n) is 3.07. The Morgan fingerprint density at radius 3 is 1.48 bits per heavy atom. The van der Waals surface area contributed by atoms with Crippen molar-refractivity contribution in [3.8, 4) is 0 Å². The van der Waals surface area contributed by atoms with Gasteiger partial charge in [-0.05, 0) is 18.8 Å². The molecule has 0 heterocycles. The Balaban J connectivity index is 3.21. The van der Waals surface area contributed by atoms with Crippen LogP contribution in [0.3, 0.4) is 0 Å². The summed E-state index contributed by atoms with van der Waals surface area (Å²) >= 11 is 0. The molecule has 0 aromatic heterocycles. The summed E-state index contributed by atoms with van der Waals surface area (Å²) in [5.41, 5.74) is 6.28. The van der Waals surface area contributed by atoms with E-state index in [2.05, 4.69) is 20.8 Å². The van der Waals surface area contributed by atoms with Gasteiger partial charge in [0.1, 0.15) is 0 Å². The molecule has 21 heavy (non-hydrogen) atoms. The molecule has 0 bridgehead atoms. The molecule has 0 saturated heterocycles. The molecule has 0 amide bonds. The summed E-state index contributed by atoms with van der Waals surface area (Å²) in [7, 11) is 0. The first-order valence-corrected chi connectivity index (χ1v) is 9.97. The molecule has 0 aliphatic heterocycles. The summed E-state index contributed by atoms with van der Waals surface area (Å²) in [6, 6.07) is 0.440. The summed E-state index contributed by atoms with van der Waals surface area (Å²) in [6.07, 6.45) is 20.8. The molecule has 2 unspecified atom stereocenters. The van der Waals surface area contributed by atoms with E-state index in [1.165, 1.54) is 96.3 Å². The molecule has 0 aliphatic carbocycles. The minimum absolute atomic E-state index is 0.440. The quantitative estimate of drug-likeness (QED) is 0.310. The van der Waals surface area contributed by atoms with Crippen LogP contribution in [0.4, 0.5) is 0 Å². The molecule has 0 aliphatic rings. The van der Waals surface area contributed by atoms with Gasteiger partial charge in [-0.2, -0.15) is 0 Å². The predicted molar refractivity (Wildman–Crippen MR) is 97.7 cm³/mol. The van der Waals surface area contributed by atoms with Crippen LogP contribution in [-0.2, 0) is 0 Å². The minimum Gasteiger partial charge on any atom is -0.327 e. The van der Waals surface area contributed by atoms with Crippen LogP contribution in [0.15, 0.2) is 0 Å². The predicted octanol–water partition coefficient (Wildman–Crippen LogP) is 6.84. The lowest BCUT2D eigenvalue weighted by atomic mass is 9.92. The Labute approximate surface area is 135 Å². The fourth-order valence-corrected chi connectivity index (χ4v) is 3.07. The Hall–Kier alpha value is -0.0400. The van der Waals surface area contributed by atoms with E-state index in [-0.39, 0.29) is 0 Å². The van der Waals surface area contributed by atoms with Gasteiger partial charge >= 0.3 is 0 Å². The SMILES string of the molecule is CCCCCCCCCCCCCC(N)C(C)CCCC. The number of unbranched alkanes of at least 4 members (excludes halogenated alkanes) is 11. The molecule has 0 aromatic carbocycles. The van der Waals surface area contributed by atoms with E-state index in [9.17, 15) is 0 Å². The van der Waals surface area contributed by atoms with Gasteiger partial charge in [0.2, 0.25) is 0 Å². The standard InChI is InChI=1S/C20H43N/c1-4-6-8-9-10-11-12-13-14-15-16-18-20(21)19(3)17-7-5-2/h19-20H,4-18,21H2,1-3H3. The summed E-state index contributed by atoms with van der Waals surface area (Å²) in [5, 5.41) is 0. The largest absolute Gasteiger partial charge is 0.327 e. The second-order valence-corrected chi connectivity index (χ2v) is 7.11. The second kappa shape index (κ2) is 16.3. The zero-order valence-electron chi connectivity index (χ0n) is 15.3. The summed E-state index contributed by atoms with van der Waals surface area (Å²) in [5.74, 6) is 0.716. The highest BCUT2D eigenvalue weighted by Crippen LogP contribution is 2.17. The maximum Gasteiger partial charge on any atom is 0.00645 e. The third kappa shape index (κ3) is 14.7. The summed E-state index contributed by atoms with van der Waals surface area (Å²) < 4.78 is 0. The smallest absolute Gasteiger partial charge is 0.00645 e. The molecule has 0 radical (unpaired) electrons. The van der Waals surface area contributed by atoms with Crippen molar-refractivity contribution < 1.29 is 0 Å². The third-order valence-electron chi connectivity index (χ3n) is 4.88. The van der Waals surface area contributed by atoms with Crippen molar-refractivity contribution in [1.82, 2.24) is 0 Å². The van der Waals surface area contributed by atoms with Gasteiger partial charge in [-0.3, -0.25) is 0 Å². The van der Waals surface area contributed by atoms with Crippen molar-refractivity contribution in [3.05, 3.63) is 0 Å². The van der Waals surface area contributed by atoms with Crippen molar-refractivity contribution >= 4 is 0 Å². The topological polar surface area (TPSA) is 26.0 Å². The highest BCUT2D eigenvalue weighted by Gasteiger charge is 2.11. The van der Waals surface area contributed by atoms with Gasteiger partial charge in [0.15, 0.2) is 0 Å². The molecule has 0 fully saturated rings. The highest BCUT2D eigenvalue weighted by molar-refractivity contribution is 4.69. The number of nitrogens with two attached hydrogens (primary N) is 1. The lowest BCUT2D eigenvalue weighted by molar-refractivity contribution is 0.382. The van der Waals surface area contributed by atoms with Crippen LogP contribution >= 0.6 is 0 Å². The molecule has 0 saturated carbocycles. The van der Waals surface area contributed by atoms with Crippen LogP contribution in [0.1, 0.15) is 117 Å². The van der Waals surface area contributed by atoms with E-state index in [0.29, 0.717) is 12.0 Å². The molecule has 0 aromatic rings. The van der Waals surface area contributed by atoms with Gasteiger partial charge in [-0.15, -0.1) is 0 Å².